The molecule has 1 fully saturated rings. The first-order chi connectivity index (χ1) is 9.95. The van der Waals surface area contributed by atoms with Crippen LogP contribution in [0.1, 0.15) is 19.4 Å². The zero-order chi connectivity index (χ0) is 15.6. The van der Waals surface area contributed by atoms with E-state index in [2.05, 4.69) is 0 Å². The van der Waals surface area contributed by atoms with Gasteiger partial charge in [-0.3, -0.25) is 4.90 Å². The summed E-state index contributed by atoms with van der Waals surface area (Å²) in [7, 11) is 1.25. The Morgan fingerprint density at radius 1 is 1.43 bits per heavy atom. The second-order valence-corrected chi connectivity index (χ2v) is 5.28. The van der Waals surface area contributed by atoms with Crippen LogP contribution in [-0.4, -0.2) is 36.2 Å². The SMILES string of the molecule is COC(=O)[C@H]1[C@H](C(C)C)OC(=O)N1Cc1ccccc1F. The van der Waals surface area contributed by atoms with Crippen molar-refractivity contribution in [1.29, 1.82) is 0 Å². The largest absolute Gasteiger partial charge is 0.467 e. The molecule has 2 atom stereocenters. The Balaban J connectivity index is 2.29. The molecule has 1 amide bonds. The van der Waals surface area contributed by atoms with Crippen LogP contribution in [-0.2, 0) is 20.8 Å². The van der Waals surface area contributed by atoms with Crippen molar-refractivity contribution in [2.45, 2.75) is 32.5 Å². The van der Waals surface area contributed by atoms with Gasteiger partial charge in [0.05, 0.1) is 13.7 Å². The summed E-state index contributed by atoms with van der Waals surface area (Å²) in [5.41, 5.74) is 0.327. The van der Waals surface area contributed by atoms with Gasteiger partial charge in [0.15, 0.2) is 6.04 Å². The Labute approximate surface area is 122 Å². The number of halogens is 1. The van der Waals surface area contributed by atoms with Crippen LogP contribution >= 0.6 is 0 Å². The molecule has 1 aromatic rings. The Hall–Kier alpha value is -2.11. The van der Waals surface area contributed by atoms with Gasteiger partial charge in [-0.2, -0.15) is 0 Å². The molecule has 0 unspecified atom stereocenters. The molecule has 6 heteroatoms. The number of hydrogen-bond donors (Lipinski definition) is 0. The first-order valence-corrected chi connectivity index (χ1v) is 6.74. The van der Waals surface area contributed by atoms with Crippen LogP contribution in [0.2, 0.25) is 0 Å². The van der Waals surface area contributed by atoms with Gasteiger partial charge >= 0.3 is 12.1 Å². The van der Waals surface area contributed by atoms with Gasteiger partial charge in [-0.15, -0.1) is 0 Å². The fraction of sp³-hybridized carbons (Fsp3) is 0.467. The lowest BCUT2D eigenvalue weighted by molar-refractivity contribution is -0.147. The summed E-state index contributed by atoms with van der Waals surface area (Å²) in [5, 5.41) is 0. The fourth-order valence-corrected chi connectivity index (χ4v) is 2.40. The van der Waals surface area contributed by atoms with Crippen molar-refractivity contribution in [3.05, 3.63) is 35.6 Å². The van der Waals surface area contributed by atoms with E-state index in [1.54, 1.807) is 18.2 Å². The lowest BCUT2D eigenvalue weighted by Crippen LogP contribution is -2.45. The summed E-state index contributed by atoms with van der Waals surface area (Å²) in [4.78, 5) is 25.2. The number of carbonyl (C=O) groups is 2. The molecule has 114 valence electrons. The normalized spacial score (nSPS) is 21.6. The van der Waals surface area contributed by atoms with E-state index in [0.29, 0.717) is 5.56 Å². The van der Waals surface area contributed by atoms with Crippen LogP contribution in [0.4, 0.5) is 9.18 Å². The van der Waals surface area contributed by atoms with Crippen molar-refractivity contribution < 1.29 is 23.5 Å². The van der Waals surface area contributed by atoms with E-state index in [1.165, 1.54) is 18.1 Å². The monoisotopic (exact) mass is 295 g/mol. The molecular weight excluding hydrogens is 277 g/mol. The number of carbonyl (C=O) groups excluding carboxylic acids is 2. The van der Waals surface area contributed by atoms with Crippen LogP contribution in [0, 0.1) is 11.7 Å². The average molecular weight is 295 g/mol. The Morgan fingerprint density at radius 3 is 2.67 bits per heavy atom. The van der Waals surface area contributed by atoms with Crippen molar-refractivity contribution in [3.63, 3.8) is 0 Å². The number of ether oxygens (including phenoxy) is 2. The molecule has 0 radical (unpaired) electrons. The van der Waals surface area contributed by atoms with Gasteiger partial charge in [0.1, 0.15) is 11.9 Å². The Morgan fingerprint density at radius 2 is 2.10 bits per heavy atom. The molecule has 0 N–H and O–H groups in total. The fourth-order valence-electron chi connectivity index (χ4n) is 2.40. The standard InChI is InChI=1S/C15H18FNO4/c1-9(2)13-12(14(18)20-3)17(15(19)21-13)8-10-6-4-5-7-11(10)16/h4-7,9,12-13H,8H2,1-3H3/t12-,13+/m1/s1. The van der Waals surface area contributed by atoms with Crippen molar-refractivity contribution in [3.8, 4) is 0 Å². The number of esters is 1. The average Bonchev–Trinajstić information content (AvgIpc) is 2.78. The minimum Gasteiger partial charge on any atom is -0.467 e. The molecule has 1 saturated heterocycles. The van der Waals surface area contributed by atoms with E-state index in [-0.39, 0.29) is 12.5 Å². The Kier molecular flexibility index (Phi) is 4.45. The molecule has 0 bridgehead atoms. The molecule has 21 heavy (non-hydrogen) atoms. The van der Waals surface area contributed by atoms with Gasteiger partial charge < -0.3 is 9.47 Å². The van der Waals surface area contributed by atoms with Gasteiger partial charge in [-0.25, -0.2) is 14.0 Å². The minimum absolute atomic E-state index is 0.0332. The molecule has 1 aromatic carbocycles. The van der Waals surface area contributed by atoms with Crippen LogP contribution in [0.15, 0.2) is 24.3 Å². The molecule has 1 aliphatic rings. The van der Waals surface area contributed by atoms with E-state index in [1.807, 2.05) is 13.8 Å². The summed E-state index contributed by atoms with van der Waals surface area (Å²) < 4.78 is 23.7. The van der Waals surface area contributed by atoms with E-state index < -0.39 is 30.0 Å². The maximum absolute atomic E-state index is 13.7. The number of cyclic esters (lactones) is 1. The molecule has 1 aliphatic heterocycles. The number of nitrogens with zero attached hydrogens (tertiary/aromatic N) is 1. The molecular formula is C15H18FNO4. The second kappa shape index (κ2) is 6.11. The molecule has 2 rings (SSSR count). The van der Waals surface area contributed by atoms with E-state index in [0.717, 1.165) is 0 Å². The third kappa shape index (κ3) is 2.99. The van der Waals surface area contributed by atoms with Crippen molar-refractivity contribution in [1.82, 2.24) is 4.90 Å². The zero-order valence-electron chi connectivity index (χ0n) is 12.2. The predicted octanol–water partition coefficient (Wildman–Crippen LogP) is 2.34. The highest BCUT2D eigenvalue weighted by atomic mass is 19.1. The minimum atomic E-state index is -0.859. The number of rotatable bonds is 4. The van der Waals surface area contributed by atoms with Crippen molar-refractivity contribution >= 4 is 12.1 Å². The van der Waals surface area contributed by atoms with Gasteiger partial charge in [0, 0.05) is 5.56 Å². The topological polar surface area (TPSA) is 55.8 Å². The first kappa shape index (κ1) is 15.3. The van der Waals surface area contributed by atoms with Crippen LogP contribution < -0.4 is 0 Å². The predicted molar refractivity (Wildman–Crippen MR) is 72.9 cm³/mol. The molecule has 0 aliphatic carbocycles. The number of amides is 1. The molecule has 0 spiro atoms. The van der Waals surface area contributed by atoms with E-state index >= 15 is 0 Å². The highest BCUT2D eigenvalue weighted by Gasteiger charge is 2.48. The van der Waals surface area contributed by atoms with Crippen LogP contribution in [0.5, 0.6) is 0 Å². The summed E-state index contributed by atoms with van der Waals surface area (Å²) in [6, 6.07) is 5.26. The van der Waals surface area contributed by atoms with Gasteiger partial charge in [0.2, 0.25) is 0 Å². The first-order valence-electron chi connectivity index (χ1n) is 6.74. The summed E-state index contributed by atoms with van der Waals surface area (Å²) >= 11 is 0. The molecule has 5 nitrogen and oxygen atoms in total. The van der Waals surface area contributed by atoms with Gasteiger partial charge in [0.25, 0.3) is 0 Å². The lowest BCUT2D eigenvalue weighted by atomic mass is 9.99. The molecule has 0 aromatic heterocycles. The maximum Gasteiger partial charge on any atom is 0.411 e. The van der Waals surface area contributed by atoms with Crippen molar-refractivity contribution in [2.24, 2.45) is 5.92 Å². The third-order valence-corrected chi connectivity index (χ3v) is 3.52. The number of benzene rings is 1. The van der Waals surface area contributed by atoms with E-state index in [4.69, 9.17) is 9.47 Å². The lowest BCUT2D eigenvalue weighted by Gasteiger charge is -2.24. The maximum atomic E-state index is 13.7. The quantitative estimate of drug-likeness (QED) is 0.800. The van der Waals surface area contributed by atoms with Crippen LogP contribution in [0.25, 0.3) is 0 Å². The smallest absolute Gasteiger partial charge is 0.411 e. The van der Waals surface area contributed by atoms with Crippen LogP contribution in [0.3, 0.4) is 0 Å². The zero-order valence-corrected chi connectivity index (χ0v) is 12.2. The van der Waals surface area contributed by atoms with Gasteiger partial charge in [-0.05, 0) is 12.0 Å². The van der Waals surface area contributed by atoms with Gasteiger partial charge in [-0.1, -0.05) is 32.0 Å². The second-order valence-electron chi connectivity index (χ2n) is 5.28. The molecule has 0 saturated carbocycles. The summed E-state index contributed by atoms with van der Waals surface area (Å²) in [6.07, 6.45) is -1.23. The highest BCUT2D eigenvalue weighted by Crippen LogP contribution is 2.28. The number of hydrogen-bond acceptors (Lipinski definition) is 4. The number of methoxy groups -OCH3 is 1. The highest BCUT2D eigenvalue weighted by molar-refractivity contribution is 5.85. The summed E-state index contributed by atoms with van der Waals surface area (Å²) in [5.74, 6) is -1.04. The summed E-state index contributed by atoms with van der Waals surface area (Å²) in [6.45, 7) is 3.66. The van der Waals surface area contributed by atoms with Crippen molar-refractivity contribution in [2.75, 3.05) is 7.11 Å². The molecule has 1 heterocycles. The third-order valence-electron chi connectivity index (χ3n) is 3.52. The van der Waals surface area contributed by atoms with E-state index in [9.17, 15) is 14.0 Å². The Bertz CT molecular complexity index is 546.